The number of hydrogen-bond acceptors (Lipinski definition) is 1. The highest BCUT2D eigenvalue weighted by Gasteiger charge is 2.02. The maximum Gasteiger partial charge on any atom is 0.0625 e. The average molecular weight is 203 g/mol. The minimum Gasteiger partial charge on any atom is -0.261 e. The molecule has 0 saturated carbocycles. The van der Waals surface area contributed by atoms with E-state index in [9.17, 15) is 0 Å². The molecule has 1 aromatic carbocycles. The van der Waals surface area contributed by atoms with Gasteiger partial charge in [0.25, 0.3) is 0 Å². The molecule has 0 radical (unpaired) electrons. The molecule has 0 atom stereocenters. The van der Waals surface area contributed by atoms with Crippen LogP contribution < -0.4 is 0 Å². The second-order valence-electron chi connectivity index (χ2n) is 3.95. The summed E-state index contributed by atoms with van der Waals surface area (Å²) < 4.78 is 0. The molecule has 0 saturated heterocycles. The van der Waals surface area contributed by atoms with Crippen LogP contribution in [0, 0.1) is 5.92 Å². The molecule has 0 spiro atoms. The molecule has 0 aliphatic heterocycles. The zero-order valence-electron chi connectivity index (χ0n) is 9.82. The van der Waals surface area contributed by atoms with Crippen molar-refractivity contribution >= 4 is 11.9 Å². The molecule has 0 unspecified atom stereocenters. The van der Waals surface area contributed by atoms with E-state index in [1.807, 2.05) is 30.3 Å². The first-order valence-corrected chi connectivity index (χ1v) is 5.96. The summed E-state index contributed by atoms with van der Waals surface area (Å²) in [5.41, 5.74) is 1.06. The van der Waals surface area contributed by atoms with E-state index >= 15 is 0 Å². The molecule has 0 N–H and O–H groups in total. The Morgan fingerprint density at radius 3 is 2.20 bits per heavy atom. The van der Waals surface area contributed by atoms with Crippen LogP contribution in [0.15, 0.2) is 35.3 Å². The normalized spacial score (nSPS) is 11.4. The van der Waals surface area contributed by atoms with Crippen LogP contribution in [-0.2, 0) is 0 Å². The van der Waals surface area contributed by atoms with Gasteiger partial charge in [-0.3, -0.25) is 4.99 Å². The Balaban J connectivity index is 2.53. The average Bonchev–Trinajstić information content (AvgIpc) is 2.28. The lowest BCUT2D eigenvalue weighted by Gasteiger charge is -2.08. The van der Waals surface area contributed by atoms with Gasteiger partial charge in [0, 0.05) is 6.21 Å². The number of aliphatic imine (C=N–C) groups is 1. The lowest BCUT2D eigenvalue weighted by atomic mass is 10.00. The molecule has 1 heteroatoms. The Labute approximate surface area is 93.2 Å². The predicted molar refractivity (Wildman–Crippen MR) is 67.9 cm³/mol. The maximum atomic E-state index is 4.52. The molecule has 1 nitrogen and oxygen atoms in total. The van der Waals surface area contributed by atoms with Gasteiger partial charge in [0.05, 0.1) is 5.69 Å². The van der Waals surface area contributed by atoms with E-state index in [4.69, 9.17) is 0 Å². The van der Waals surface area contributed by atoms with Crippen LogP contribution in [0.5, 0.6) is 0 Å². The summed E-state index contributed by atoms with van der Waals surface area (Å²) in [6, 6.07) is 10.2. The van der Waals surface area contributed by atoms with E-state index in [-0.39, 0.29) is 0 Å². The third kappa shape index (κ3) is 4.78. The van der Waals surface area contributed by atoms with Crippen molar-refractivity contribution in [3.05, 3.63) is 30.3 Å². The van der Waals surface area contributed by atoms with Gasteiger partial charge < -0.3 is 0 Å². The minimum absolute atomic E-state index is 0.653. The summed E-state index contributed by atoms with van der Waals surface area (Å²) in [5, 5.41) is 0. The summed E-state index contributed by atoms with van der Waals surface area (Å²) in [4.78, 5) is 4.52. The summed E-state index contributed by atoms with van der Waals surface area (Å²) in [7, 11) is 0. The van der Waals surface area contributed by atoms with Crippen LogP contribution in [0.2, 0.25) is 0 Å². The molecule has 0 fully saturated rings. The van der Waals surface area contributed by atoms with Gasteiger partial charge in [-0.1, -0.05) is 44.9 Å². The Morgan fingerprint density at radius 1 is 1.07 bits per heavy atom. The van der Waals surface area contributed by atoms with Crippen LogP contribution in [-0.4, -0.2) is 6.21 Å². The third-order valence-electron chi connectivity index (χ3n) is 2.51. The summed E-state index contributed by atoms with van der Waals surface area (Å²) in [6.45, 7) is 4.47. The quantitative estimate of drug-likeness (QED) is 0.599. The fraction of sp³-hybridized carbons (Fsp3) is 0.500. The van der Waals surface area contributed by atoms with Crippen LogP contribution in [0.3, 0.4) is 0 Å². The Morgan fingerprint density at radius 2 is 1.67 bits per heavy atom. The fourth-order valence-corrected chi connectivity index (χ4v) is 1.74. The first-order chi connectivity index (χ1) is 7.36. The molecule has 15 heavy (non-hydrogen) atoms. The third-order valence-corrected chi connectivity index (χ3v) is 2.51. The predicted octanol–water partition coefficient (Wildman–Crippen LogP) is 4.61. The molecule has 0 amide bonds. The summed E-state index contributed by atoms with van der Waals surface area (Å²) in [5.74, 6) is 0.653. The molecule has 0 aliphatic rings. The van der Waals surface area contributed by atoms with Gasteiger partial charge in [0.2, 0.25) is 0 Å². The highest BCUT2D eigenvalue weighted by molar-refractivity contribution is 5.65. The van der Waals surface area contributed by atoms with E-state index in [1.54, 1.807) is 0 Å². The van der Waals surface area contributed by atoms with Gasteiger partial charge >= 0.3 is 0 Å². The van der Waals surface area contributed by atoms with Crippen molar-refractivity contribution in [2.24, 2.45) is 10.9 Å². The van der Waals surface area contributed by atoms with Crippen molar-refractivity contribution in [3.8, 4) is 0 Å². The zero-order valence-corrected chi connectivity index (χ0v) is 9.82. The second kappa shape index (κ2) is 7.22. The number of hydrogen-bond donors (Lipinski definition) is 0. The maximum absolute atomic E-state index is 4.52. The number of nitrogens with zero attached hydrogens (tertiary/aromatic N) is 1. The fourth-order valence-electron chi connectivity index (χ4n) is 1.74. The first kappa shape index (κ1) is 12.0. The highest BCUT2D eigenvalue weighted by atomic mass is 14.7. The zero-order chi connectivity index (χ0) is 10.9. The standard InChI is InChI=1S/C14H21N/c1-3-8-13(9-4-2)12-15-14-10-6-5-7-11-14/h5-7,10-13H,3-4,8-9H2,1-2H3. The molecular weight excluding hydrogens is 182 g/mol. The van der Waals surface area contributed by atoms with Crippen LogP contribution in [0.25, 0.3) is 0 Å². The molecular formula is C14H21N. The van der Waals surface area contributed by atoms with Crippen LogP contribution >= 0.6 is 0 Å². The van der Waals surface area contributed by atoms with Crippen molar-refractivity contribution in [2.75, 3.05) is 0 Å². The van der Waals surface area contributed by atoms with Gasteiger partial charge in [0.15, 0.2) is 0 Å². The number of benzene rings is 1. The van der Waals surface area contributed by atoms with E-state index in [1.165, 1.54) is 25.7 Å². The molecule has 1 aromatic rings. The Hall–Kier alpha value is -1.11. The van der Waals surface area contributed by atoms with Gasteiger partial charge in [-0.15, -0.1) is 0 Å². The van der Waals surface area contributed by atoms with E-state index in [0.717, 1.165) is 5.69 Å². The van der Waals surface area contributed by atoms with Crippen molar-refractivity contribution in [1.29, 1.82) is 0 Å². The molecule has 0 heterocycles. The van der Waals surface area contributed by atoms with Gasteiger partial charge in [-0.05, 0) is 30.9 Å². The van der Waals surface area contributed by atoms with Crippen molar-refractivity contribution < 1.29 is 0 Å². The first-order valence-electron chi connectivity index (χ1n) is 5.96. The highest BCUT2D eigenvalue weighted by Crippen LogP contribution is 2.14. The molecule has 0 aromatic heterocycles. The second-order valence-corrected chi connectivity index (χ2v) is 3.95. The Bertz CT molecular complexity index is 271. The van der Waals surface area contributed by atoms with E-state index < -0.39 is 0 Å². The van der Waals surface area contributed by atoms with Gasteiger partial charge in [-0.2, -0.15) is 0 Å². The minimum atomic E-state index is 0.653. The van der Waals surface area contributed by atoms with Crippen molar-refractivity contribution in [3.63, 3.8) is 0 Å². The number of para-hydroxylation sites is 1. The Kier molecular flexibility index (Phi) is 5.76. The largest absolute Gasteiger partial charge is 0.261 e. The lowest BCUT2D eigenvalue weighted by Crippen LogP contribution is -2.00. The van der Waals surface area contributed by atoms with E-state index in [2.05, 4.69) is 25.1 Å². The van der Waals surface area contributed by atoms with Crippen LogP contribution in [0.1, 0.15) is 39.5 Å². The molecule has 1 rings (SSSR count). The van der Waals surface area contributed by atoms with E-state index in [0.29, 0.717) is 5.92 Å². The lowest BCUT2D eigenvalue weighted by molar-refractivity contribution is 0.568. The van der Waals surface area contributed by atoms with Gasteiger partial charge in [0.1, 0.15) is 0 Å². The number of rotatable bonds is 6. The SMILES string of the molecule is CCCC(C=Nc1ccccc1)CCC. The van der Waals surface area contributed by atoms with Gasteiger partial charge in [-0.25, -0.2) is 0 Å². The topological polar surface area (TPSA) is 12.4 Å². The summed E-state index contributed by atoms with van der Waals surface area (Å²) in [6.07, 6.45) is 7.12. The molecule has 82 valence electrons. The molecule has 0 aliphatic carbocycles. The van der Waals surface area contributed by atoms with Crippen LogP contribution in [0.4, 0.5) is 5.69 Å². The molecule has 0 bridgehead atoms. The van der Waals surface area contributed by atoms with Crippen molar-refractivity contribution in [2.45, 2.75) is 39.5 Å². The summed E-state index contributed by atoms with van der Waals surface area (Å²) >= 11 is 0. The smallest absolute Gasteiger partial charge is 0.0625 e. The monoisotopic (exact) mass is 203 g/mol. The van der Waals surface area contributed by atoms with Crippen molar-refractivity contribution in [1.82, 2.24) is 0 Å².